The third-order valence-electron chi connectivity index (χ3n) is 2.40. The molecule has 0 unspecified atom stereocenters. The number of aromatic nitrogens is 1. The first-order valence-corrected chi connectivity index (χ1v) is 5.01. The Morgan fingerprint density at radius 2 is 2.47 bits per heavy atom. The normalized spacial score (nSPS) is 16.3. The van der Waals surface area contributed by atoms with Gasteiger partial charge in [-0.05, 0) is 24.1 Å². The summed E-state index contributed by atoms with van der Waals surface area (Å²) in [5.74, 6) is 0.676. The van der Waals surface area contributed by atoms with Crippen LogP contribution in [0.5, 0.6) is 0 Å². The fourth-order valence-electron chi connectivity index (χ4n) is 1.58. The lowest BCUT2D eigenvalue weighted by Crippen LogP contribution is -2.46. The highest BCUT2D eigenvalue weighted by Crippen LogP contribution is 2.14. The third kappa shape index (κ3) is 2.07. The summed E-state index contributed by atoms with van der Waals surface area (Å²) >= 11 is 0. The van der Waals surface area contributed by atoms with Gasteiger partial charge in [-0.3, -0.25) is 4.90 Å². The van der Waals surface area contributed by atoms with Crippen molar-refractivity contribution < 1.29 is 4.79 Å². The van der Waals surface area contributed by atoms with E-state index in [0.29, 0.717) is 18.9 Å². The molecule has 1 aliphatic rings. The number of hydrogen-bond acceptors (Lipinski definition) is 3. The smallest absolute Gasteiger partial charge is 0.323 e. The molecule has 0 aromatic carbocycles. The van der Waals surface area contributed by atoms with Crippen LogP contribution in [-0.2, 0) is 6.54 Å². The molecule has 0 spiro atoms. The van der Waals surface area contributed by atoms with Crippen molar-refractivity contribution in [3.8, 4) is 0 Å². The molecule has 3 N–H and O–H groups in total. The molecule has 2 rings (SSSR count). The zero-order valence-corrected chi connectivity index (χ0v) is 8.44. The van der Waals surface area contributed by atoms with Crippen molar-refractivity contribution in [1.29, 1.82) is 0 Å². The van der Waals surface area contributed by atoms with Crippen LogP contribution in [0.25, 0.3) is 0 Å². The number of hydrogen-bond donors (Lipinski definition) is 2. The molecule has 5 heteroatoms. The number of urea groups is 1. The molecule has 1 aromatic heterocycles. The summed E-state index contributed by atoms with van der Waals surface area (Å²) in [6.07, 6.45) is 2.62. The van der Waals surface area contributed by atoms with Crippen LogP contribution in [0.3, 0.4) is 0 Å². The number of carbonyl (C=O) groups excluding carboxylic acids is 1. The van der Waals surface area contributed by atoms with Gasteiger partial charge in [0.1, 0.15) is 5.82 Å². The Labute approximate surface area is 88.3 Å². The lowest BCUT2D eigenvalue weighted by molar-refractivity contribution is 0.242. The minimum Gasteiger partial charge on any atom is -0.338 e. The van der Waals surface area contributed by atoms with E-state index < -0.39 is 0 Å². The van der Waals surface area contributed by atoms with Gasteiger partial charge >= 0.3 is 6.03 Å². The Balaban J connectivity index is 2.23. The molecule has 0 atom stereocenters. The van der Waals surface area contributed by atoms with E-state index in [0.717, 1.165) is 18.5 Å². The van der Waals surface area contributed by atoms with E-state index in [1.165, 1.54) is 0 Å². The highest BCUT2D eigenvalue weighted by Gasteiger charge is 2.19. The summed E-state index contributed by atoms with van der Waals surface area (Å²) in [6.45, 7) is 1.92. The van der Waals surface area contributed by atoms with Gasteiger partial charge in [-0.15, -0.1) is 0 Å². The average Bonchev–Trinajstić information content (AvgIpc) is 2.30. The van der Waals surface area contributed by atoms with Crippen LogP contribution in [0, 0.1) is 0 Å². The van der Waals surface area contributed by atoms with Gasteiger partial charge in [0.05, 0.1) is 0 Å². The summed E-state index contributed by atoms with van der Waals surface area (Å²) in [6, 6.07) is 3.62. The first-order chi connectivity index (χ1) is 7.31. The molecule has 1 aliphatic heterocycles. The van der Waals surface area contributed by atoms with E-state index in [1.807, 2.05) is 12.1 Å². The maximum atomic E-state index is 11.5. The SMILES string of the molecule is NCc1ccnc(N2CCCNC2=O)c1. The fourth-order valence-corrected chi connectivity index (χ4v) is 1.58. The zero-order chi connectivity index (χ0) is 10.7. The molecule has 1 aromatic rings. The van der Waals surface area contributed by atoms with Gasteiger partial charge in [-0.1, -0.05) is 0 Å². The Morgan fingerprint density at radius 1 is 1.60 bits per heavy atom. The third-order valence-corrected chi connectivity index (χ3v) is 2.40. The van der Waals surface area contributed by atoms with E-state index in [2.05, 4.69) is 10.3 Å². The standard InChI is InChI=1S/C10H14N4O/c11-7-8-2-4-12-9(6-8)14-5-1-3-13-10(14)15/h2,4,6H,1,3,5,7,11H2,(H,13,15). The molecule has 0 bridgehead atoms. The van der Waals surface area contributed by atoms with Gasteiger partial charge in [0.2, 0.25) is 0 Å². The Hall–Kier alpha value is -1.62. The monoisotopic (exact) mass is 206 g/mol. The van der Waals surface area contributed by atoms with E-state index in [-0.39, 0.29) is 6.03 Å². The van der Waals surface area contributed by atoms with Gasteiger partial charge in [0, 0.05) is 25.8 Å². The van der Waals surface area contributed by atoms with Crippen molar-refractivity contribution >= 4 is 11.8 Å². The molecule has 1 saturated heterocycles. The van der Waals surface area contributed by atoms with E-state index in [4.69, 9.17) is 5.73 Å². The summed E-state index contributed by atoms with van der Waals surface area (Å²) in [5.41, 5.74) is 6.52. The highest BCUT2D eigenvalue weighted by atomic mass is 16.2. The van der Waals surface area contributed by atoms with Crippen LogP contribution in [0.1, 0.15) is 12.0 Å². The Bertz CT molecular complexity index is 366. The summed E-state index contributed by atoms with van der Waals surface area (Å²) in [4.78, 5) is 17.4. The number of amides is 2. The van der Waals surface area contributed by atoms with Crippen molar-refractivity contribution in [1.82, 2.24) is 10.3 Å². The van der Waals surface area contributed by atoms with Gasteiger partial charge in [-0.25, -0.2) is 9.78 Å². The van der Waals surface area contributed by atoms with Crippen LogP contribution in [0.4, 0.5) is 10.6 Å². The second-order valence-electron chi connectivity index (χ2n) is 3.46. The van der Waals surface area contributed by atoms with Gasteiger partial charge in [0.15, 0.2) is 0 Å². The number of rotatable bonds is 2. The summed E-state index contributed by atoms with van der Waals surface area (Å²) in [7, 11) is 0. The van der Waals surface area contributed by atoms with Gasteiger partial charge in [-0.2, -0.15) is 0 Å². The number of nitrogens with zero attached hydrogens (tertiary/aromatic N) is 2. The van der Waals surface area contributed by atoms with Crippen LogP contribution < -0.4 is 16.0 Å². The number of carbonyl (C=O) groups is 1. The second kappa shape index (κ2) is 4.27. The largest absolute Gasteiger partial charge is 0.338 e. The van der Waals surface area contributed by atoms with Crippen LogP contribution in [0.15, 0.2) is 18.3 Å². The van der Waals surface area contributed by atoms with Crippen molar-refractivity contribution in [2.45, 2.75) is 13.0 Å². The molecule has 1 fully saturated rings. The predicted molar refractivity (Wildman–Crippen MR) is 57.5 cm³/mol. The predicted octanol–water partition coefficient (Wildman–Crippen LogP) is 0.460. The van der Waals surface area contributed by atoms with Crippen LogP contribution in [0.2, 0.25) is 0 Å². The number of pyridine rings is 1. The van der Waals surface area contributed by atoms with Crippen LogP contribution in [-0.4, -0.2) is 24.1 Å². The molecular formula is C10H14N4O. The molecule has 2 heterocycles. The second-order valence-corrected chi connectivity index (χ2v) is 3.46. The van der Waals surface area contributed by atoms with Crippen molar-refractivity contribution in [3.05, 3.63) is 23.9 Å². The summed E-state index contributed by atoms with van der Waals surface area (Å²) in [5, 5.41) is 2.78. The minimum atomic E-state index is -0.0806. The van der Waals surface area contributed by atoms with Crippen molar-refractivity contribution in [2.24, 2.45) is 5.73 Å². The Morgan fingerprint density at radius 3 is 3.20 bits per heavy atom. The Kier molecular flexibility index (Phi) is 2.82. The average molecular weight is 206 g/mol. The molecule has 80 valence electrons. The first-order valence-electron chi connectivity index (χ1n) is 5.01. The molecule has 2 amide bonds. The summed E-state index contributed by atoms with van der Waals surface area (Å²) < 4.78 is 0. The zero-order valence-electron chi connectivity index (χ0n) is 8.44. The molecule has 5 nitrogen and oxygen atoms in total. The van der Waals surface area contributed by atoms with Crippen molar-refractivity contribution in [3.63, 3.8) is 0 Å². The van der Waals surface area contributed by atoms with E-state index >= 15 is 0 Å². The molecule has 0 aliphatic carbocycles. The maximum absolute atomic E-state index is 11.5. The lowest BCUT2D eigenvalue weighted by atomic mass is 10.2. The molecule has 0 radical (unpaired) electrons. The minimum absolute atomic E-state index is 0.0806. The fraction of sp³-hybridized carbons (Fsp3) is 0.400. The highest BCUT2D eigenvalue weighted by molar-refractivity contribution is 5.91. The van der Waals surface area contributed by atoms with Crippen LogP contribution >= 0.6 is 0 Å². The van der Waals surface area contributed by atoms with Crippen molar-refractivity contribution in [2.75, 3.05) is 18.0 Å². The lowest BCUT2D eigenvalue weighted by Gasteiger charge is -2.26. The molecule has 15 heavy (non-hydrogen) atoms. The molecule has 0 saturated carbocycles. The van der Waals surface area contributed by atoms with Gasteiger partial charge in [0.25, 0.3) is 0 Å². The quantitative estimate of drug-likeness (QED) is 0.738. The first kappa shape index (κ1) is 9.92. The number of nitrogens with two attached hydrogens (primary N) is 1. The van der Waals surface area contributed by atoms with E-state index in [1.54, 1.807) is 11.1 Å². The molecular weight excluding hydrogens is 192 g/mol. The van der Waals surface area contributed by atoms with E-state index in [9.17, 15) is 4.79 Å². The maximum Gasteiger partial charge on any atom is 0.323 e. The number of anilines is 1. The van der Waals surface area contributed by atoms with Gasteiger partial charge < -0.3 is 11.1 Å². The topological polar surface area (TPSA) is 71.2 Å². The number of nitrogens with one attached hydrogen (secondary N) is 1.